The van der Waals surface area contributed by atoms with Crippen molar-refractivity contribution in [2.45, 2.75) is 77.6 Å². The van der Waals surface area contributed by atoms with Gasteiger partial charge < -0.3 is 0 Å². The van der Waals surface area contributed by atoms with Crippen LogP contribution in [0.2, 0.25) is 0 Å². The van der Waals surface area contributed by atoms with E-state index in [2.05, 4.69) is 6.92 Å². The van der Waals surface area contributed by atoms with Crippen LogP contribution in [0.3, 0.4) is 0 Å². The standard InChI is InChI=1S/C18H30/c1-18-11-4-7-17(18)16-9-8-13-5-2-3-6-14(13)15(16)10-12-18/h13-17H,2-12H2,1H3/t13-,14-,15+,16?,17-,18-/m0/s1. The fourth-order valence-corrected chi connectivity index (χ4v) is 6.82. The third-order valence-corrected chi connectivity index (χ3v) is 7.66. The van der Waals surface area contributed by atoms with Crippen LogP contribution in [0.4, 0.5) is 0 Å². The van der Waals surface area contributed by atoms with Crippen LogP contribution >= 0.6 is 0 Å². The highest BCUT2D eigenvalue weighted by Gasteiger charge is 2.52. The van der Waals surface area contributed by atoms with Crippen molar-refractivity contribution in [2.75, 3.05) is 0 Å². The van der Waals surface area contributed by atoms with Crippen molar-refractivity contribution in [1.82, 2.24) is 0 Å². The molecule has 0 N–H and O–H groups in total. The van der Waals surface area contributed by atoms with E-state index in [1.165, 1.54) is 0 Å². The fraction of sp³-hybridized carbons (Fsp3) is 1.00. The van der Waals surface area contributed by atoms with Gasteiger partial charge in [0.25, 0.3) is 0 Å². The molecule has 0 bridgehead atoms. The molecule has 1 unspecified atom stereocenters. The molecule has 4 aliphatic carbocycles. The van der Waals surface area contributed by atoms with Crippen molar-refractivity contribution in [3.8, 4) is 0 Å². The maximum Gasteiger partial charge on any atom is -0.0295 e. The van der Waals surface area contributed by atoms with Gasteiger partial charge in [0.05, 0.1) is 0 Å². The molecule has 0 aromatic heterocycles. The van der Waals surface area contributed by atoms with E-state index in [0.29, 0.717) is 0 Å². The van der Waals surface area contributed by atoms with E-state index in [9.17, 15) is 0 Å². The van der Waals surface area contributed by atoms with Gasteiger partial charge in [-0.3, -0.25) is 0 Å². The van der Waals surface area contributed by atoms with Gasteiger partial charge in [0.1, 0.15) is 0 Å². The lowest BCUT2D eigenvalue weighted by Crippen LogP contribution is -2.46. The molecule has 4 fully saturated rings. The first-order valence-electron chi connectivity index (χ1n) is 8.78. The van der Waals surface area contributed by atoms with Crippen LogP contribution in [0, 0.1) is 35.0 Å². The summed E-state index contributed by atoms with van der Waals surface area (Å²) in [5.41, 5.74) is 0.767. The molecule has 0 amide bonds. The zero-order valence-corrected chi connectivity index (χ0v) is 12.2. The average molecular weight is 246 g/mol. The highest BCUT2D eigenvalue weighted by atomic mass is 14.6. The first-order chi connectivity index (χ1) is 8.78. The van der Waals surface area contributed by atoms with Crippen molar-refractivity contribution in [3.63, 3.8) is 0 Å². The molecule has 4 aliphatic rings. The second-order valence-corrected chi connectivity index (χ2v) is 8.30. The monoisotopic (exact) mass is 246 g/mol. The van der Waals surface area contributed by atoms with Gasteiger partial charge in [0, 0.05) is 0 Å². The lowest BCUT2D eigenvalue weighted by Gasteiger charge is -2.54. The molecule has 6 atom stereocenters. The number of rotatable bonds is 0. The van der Waals surface area contributed by atoms with E-state index in [1.54, 1.807) is 70.6 Å². The largest absolute Gasteiger partial charge is 0.0594 e. The van der Waals surface area contributed by atoms with Gasteiger partial charge in [-0.05, 0) is 80.0 Å². The minimum absolute atomic E-state index is 0.767. The number of hydrogen-bond donors (Lipinski definition) is 0. The van der Waals surface area contributed by atoms with Crippen molar-refractivity contribution in [2.24, 2.45) is 35.0 Å². The summed E-state index contributed by atoms with van der Waals surface area (Å²) in [6, 6.07) is 0. The quantitative estimate of drug-likeness (QED) is 0.535. The molecule has 0 nitrogen and oxygen atoms in total. The molecule has 0 aliphatic heterocycles. The van der Waals surface area contributed by atoms with Crippen LogP contribution in [0.5, 0.6) is 0 Å². The van der Waals surface area contributed by atoms with Gasteiger partial charge in [-0.25, -0.2) is 0 Å². The molecule has 0 saturated heterocycles. The Labute approximate surface area is 113 Å². The van der Waals surface area contributed by atoms with Crippen LogP contribution in [0.1, 0.15) is 77.6 Å². The molecule has 0 heterocycles. The summed E-state index contributed by atoms with van der Waals surface area (Å²) in [6.45, 7) is 2.63. The van der Waals surface area contributed by atoms with E-state index < -0.39 is 0 Å². The molecule has 0 radical (unpaired) electrons. The molecule has 0 aromatic rings. The summed E-state index contributed by atoms with van der Waals surface area (Å²) >= 11 is 0. The van der Waals surface area contributed by atoms with Crippen LogP contribution < -0.4 is 0 Å². The summed E-state index contributed by atoms with van der Waals surface area (Å²) in [4.78, 5) is 0. The minimum Gasteiger partial charge on any atom is -0.0594 e. The van der Waals surface area contributed by atoms with Gasteiger partial charge in [0.2, 0.25) is 0 Å². The Bertz CT molecular complexity index is 320. The van der Waals surface area contributed by atoms with E-state index in [4.69, 9.17) is 0 Å². The smallest absolute Gasteiger partial charge is 0.0295 e. The summed E-state index contributed by atoms with van der Waals surface area (Å²) in [5.74, 6) is 5.72. The third-order valence-electron chi connectivity index (χ3n) is 7.66. The van der Waals surface area contributed by atoms with Crippen molar-refractivity contribution >= 4 is 0 Å². The van der Waals surface area contributed by atoms with Gasteiger partial charge >= 0.3 is 0 Å². The lowest BCUT2D eigenvalue weighted by molar-refractivity contribution is -0.0492. The average Bonchev–Trinajstić information content (AvgIpc) is 2.80. The first kappa shape index (κ1) is 11.8. The van der Waals surface area contributed by atoms with Crippen molar-refractivity contribution in [1.29, 1.82) is 0 Å². The minimum atomic E-state index is 0.767. The third kappa shape index (κ3) is 1.63. The van der Waals surface area contributed by atoms with E-state index in [1.807, 2.05) is 0 Å². The molecular formula is C18H30. The topological polar surface area (TPSA) is 0 Å². The highest BCUT2D eigenvalue weighted by Crippen LogP contribution is 2.62. The van der Waals surface area contributed by atoms with Crippen LogP contribution in [0.25, 0.3) is 0 Å². The Morgan fingerprint density at radius 1 is 0.667 bits per heavy atom. The van der Waals surface area contributed by atoms with Crippen molar-refractivity contribution in [3.05, 3.63) is 0 Å². The maximum atomic E-state index is 2.63. The summed E-state index contributed by atoms with van der Waals surface area (Å²) < 4.78 is 0. The molecule has 0 spiro atoms. The number of hydrogen-bond acceptors (Lipinski definition) is 0. The zero-order chi connectivity index (χ0) is 12.2. The summed E-state index contributed by atoms with van der Waals surface area (Å²) in [6.07, 6.45) is 17.3. The van der Waals surface area contributed by atoms with Gasteiger partial charge in [-0.15, -0.1) is 0 Å². The second kappa shape index (κ2) is 4.25. The number of fused-ring (bicyclic) bond motifs is 5. The highest BCUT2D eigenvalue weighted by molar-refractivity contribution is 5.02. The lowest BCUT2D eigenvalue weighted by atomic mass is 9.51. The summed E-state index contributed by atoms with van der Waals surface area (Å²) in [7, 11) is 0. The van der Waals surface area contributed by atoms with Gasteiger partial charge in [-0.1, -0.05) is 32.6 Å². The Hall–Kier alpha value is 0. The molecule has 0 aromatic carbocycles. The van der Waals surface area contributed by atoms with Crippen LogP contribution in [-0.4, -0.2) is 0 Å². The van der Waals surface area contributed by atoms with Gasteiger partial charge in [-0.2, -0.15) is 0 Å². The molecule has 18 heavy (non-hydrogen) atoms. The SMILES string of the molecule is C[C@@]12CCC[C@H]1C1CC[C@@H]3CCCC[C@@H]3[C@H]1CC2. The Balaban J connectivity index is 1.59. The predicted octanol–water partition coefficient (Wildman–Crippen LogP) is 5.42. The molecule has 4 rings (SSSR count). The Morgan fingerprint density at radius 2 is 1.56 bits per heavy atom. The molecule has 102 valence electrons. The van der Waals surface area contributed by atoms with Crippen LogP contribution in [0.15, 0.2) is 0 Å². The zero-order valence-electron chi connectivity index (χ0n) is 12.2. The molecule has 4 saturated carbocycles. The normalized spacial score (nSPS) is 55.5. The molecular weight excluding hydrogens is 216 g/mol. The predicted molar refractivity (Wildman–Crippen MR) is 76.3 cm³/mol. The Kier molecular flexibility index (Phi) is 2.79. The van der Waals surface area contributed by atoms with E-state index >= 15 is 0 Å². The summed E-state index contributed by atoms with van der Waals surface area (Å²) in [5, 5.41) is 0. The van der Waals surface area contributed by atoms with E-state index in [0.717, 1.165) is 35.0 Å². The van der Waals surface area contributed by atoms with Crippen LogP contribution in [-0.2, 0) is 0 Å². The first-order valence-corrected chi connectivity index (χ1v) is 8.78. The van der Waals surface area contributed by atoms with Gasteiger partial charge in [0.15, 0.2) is 0 Å². The fourth-order valence-electron chi connectivity index (χ4n) is 6.82. The van der Waals surface area contributed by atoms with E-state index in [-0.39, 0.29) is 0 Å². The Morgan fingerprint density at radius 3 is 2.50 bits per heavy atom. The van der Waals surface area contributed by atoms with Crippen molar-refractivity contribution < 1.29 is 0 Å². The second-order valence-electron chi connectivity index (χ2n) is 8.30. The molecule has 0 heteroatoms. The maximum absolute atomic E-state index is 2.63.